The molecule has 1 aliphatic heterocycles. The molecule has 3 rings (SSSR count). The van der Waals surface area contributed by atoms with Crippen molar-refractivity contribution in [2.45, 2.75) is 32.1 Å². The predicted octanol–water partition coefficient (Wildman–Crippen LogP) is 2.96. The lowest BCUT2D eigenvalue weighted by Gasteiger charge is -2.19. The number of hydrogen-bond donors (Lipinski definition) is 1. The number of nitrogens with one attached hydrogen (secondary N) is 1. The van der Waals surface area contributed by atoms with Gasteiger partial charge in [-0.05, 0) is 74.2 Å². The number of ether oxygens (including phenoxy) is 1. The maximum Gasteiger partial charge on any atom is 0.265 e. The standard InChI is InChI=1S/C19H24N2O5S2/c1-13-11-18(26-4)19(12-14(13)2)28(24,25)20-17-7-6-16(10-15(17)3)21-8-5-9-27(21,22)23/h6-7,10-12,20H,5,8-9H2,1-4H3. The number of hydrogen-bond acceptors (Lipinski definition) is 5. The highest BCUT2D eigenvalue weighted by Gasteiger charge is 2.29. The summed E-state index contributed by atoms with van der Waals surface area (Å²) in [7, 11) is -5.74. The van der Waals surface area contributed by atoms with E-state index in [1.807, 2.05) is 13.8 Å². The van der Waals surface area contributed by atoms with E-state index in [0.717, 1.165) is 11.1 Å². The quantitative estimate of drug-likeness (QED) is 0.797. The summed E-state index contributed by atoms with van der Waals surface area (Å²) < 4.78 is 59.3. The third-order valence-electron chi connectivity index (χ3n) is 4.91. The van der Waals surface area contributed by atoms with Crippen molar-refractivity contribution in [2.24, 2.45) is 0 Å². The summed E-state index contributed by atoms with van der Waals surface area (Å²) in [6, 6.07) is 8.16. The molecule has 0 spiro atoms. The molecule has 0 atom stereocenters. The van der Waals surface area contributed by atoms with Crippen LogP contribution in [-0.4, -0.2) is 36.2 Å². The zero-order chi connectivity index (χ0) is 20.7. The first-order valence-electron chi connectivity index (χ1n) is 8.84. The highest BCUT2D eigenvalue weighted by molar-refractivity contribution is 7.93. The van der Waals surface area contributed by atoms with Crippen molar-refractivity contribution in [3.05, 3.63) is 47.0 Å². The summed E-state index contributed by atoms with van der Waals surface area (Å²) in [5, 5.41) is 0. The summed E-state index contributed by atoms with van der Waals surface area (Å²) in [5.41, 5.74) is 3.34. The Kier molecular flexibility index (Phi) is 5.33. The second kappa shape index (κ2) is 7.29. The normalized spacial score (nSPS) is 16.2. The van der Waals surface area contributed by atoms with Gasteiger partial charge in [-0.3, -0.25) is 9.03 Å². The van der Waals surface area contributed by atoms with Gasteiger partial charge >= 0.3 is 0 Å². The Morgan fingerprint density at radius 3 is 2.29 bits per heavy atom. The van der Waals surface area contributed by atoms with Crippen LogP contribution in [0.3, 0.4) is 0 Å². The van der Waals surface area contributed by atoms with E-state index in [1.54, 1.807) is 37.3 Å². The summed E-state index contributed by atoms with van der Waals surface area (Å²) in [6.07, 6.45) is 0.586. The molecule has 0 radical (unpaired) electrons. The van der Waals surface area contributed by atoms with Crippen LogP contribution in [0, 0.1) is 20.8 Å². The first kappa shape index (κ1) is 20.5. The molecule has 1 saturated heterocycles. The second-order valence-corrected chi connectivity index (χ2v) is 10.6. The van der Waals surface area contributed by atoms with E-state index in [-0.39, 0.29) is 16.4 Å². The van der Waals surface area contributed by atoms with E-state index in [9.17, 15) is 16.8 Å². The number of methoxy groups -OCH3 is 1. The van der Waals surface area contributed by atoms with E-state index < -0.39 is 20.0 Å². The zero-order valence-corrected chi connectivity index (χ0v) is 17.9. The van der Waals surface area contributed by atoms with Crippen molar-refractivity contribution < 1.29 is 21.6 Å². The van der Waals surface area contributed by atoms with Crippen LogP contribution in [-0.2, 0) is 20.0 Å². The molecule has 0 unspecified atom stereocenters. The minimum absolute atomic E-state index is 0.0590. The van der Waals surface area contributed by atoms with E-state index in [0.29, 0.717) is 29.9 Å². The monoisotopic (exact) mass is 424 g/mol. The van der Waals surface area contributed by atoms with Crippen LogP contribution in [0.1, 0.15) is 23.1 Å². The number of nitrogens with zero attached hydrogens (tertiary/aromatic N) is 1. The molecule has 0 amide bonds. The molecule has 0 aliphatic carbocycles. The molecule has 152 valence electrons. The highest BCUT2D eigenvalue weighted by Crippen LogP contribution is 2.32. The first-order chi connectivity index (χ1) is 13.0. The van der Waals surface area contributed by atoms with E-state index in [2.05, 4.69) is 4.72 Å². The molecule has 2 aromatic rings. The van der Waals surface area contributed by atoms with Crippen molar-refractivity contribution in [3.8, 4) is 5.75 Å². The Bertz CT molecular complexity index is 1130. The van der Waals surface area contributed by atoms with Crippen molar-refractivity contribution >= 4 is 31.4 Å². The van der Waals surface area contributed by atoms with E-state index in [4.69, 9.17) is 4.74 Å². The molecule has 0 saturated carbocycles. The number of aryl methyl sites for hydroxylation is 3. The van der Waals surface area contributed by atoms with Gasteiger partial charge in [-0.1, -0.05) is 0 Å². The van der Waals surface area contributed by atoms with Crippen LogP contribution < -0.4 is 13.8 Å². The Morgan fingerprint density at radius 1 is 1.04 bits per heavy atom. The average molecular weight is 425 g/mol. The number of anilines is 2. The van der Waals surface area contributed by atoms with Crippen molar-refractivity contribution in [2.75, 3.05) is 28.4 Å². The average Bonchev–Trinajstić information content (AvgIpc) is 2.97. The van der Waals surface area contributed by atoms with Gasteiger partial charge in [0.05, 0.1) is 24.2 Å². The smallest absolute Gasteiger partial charge is 0.265 e. The third kappa shape index (κ3) is 3.81. The maximum absolute atomic E-state index is 12.9. The molecule has 2 aromatic carbocycles. The molecule has 1 heterocycles. The molecule has 1 N–H and O–H groups in total. The van der Waals surface area contributed by atoms with Gasteiger partial charge in [0.1, 0.15) is 10.6 Å². The van der Waals surface area contributed by atoms with Crippen LogP contribution >= 0.6 is 0 Å². The van der Waals surface area contributed by atoms with Crippen LogP contribution in [0.4, 0.5) is 11.4 Å². The minimum atomic E-state index is -3.88. The zero-order valence-electron chi connectivity index (χ0n) is 16.3. The largest absolute Gasteiger partial charge is 0.495 e. The lowest BCUT2D eigenvalue weighted by atomic mass is 10.1. The molecule has 1 fully saturated rings. The molecule has 1 aliphatic rings. The van der Waals surface area contributed by atoms with Crippen LogP contribution in [0.2, 0.25) is 0 Å². The van der Waals surface area contributed by atoms with Gasteiger partial charge < -0.3 is 4.74 Å². The summed E-state index contributed by atoms with van der Waals surface area (Å²) in [6.45, 7) is 5.90. The number of sulfonamides is 2. The molecule has 0 aromatic heterocycles. The Balaban J connectivity index is 1.95. The Morgan fingerprint density at radius 2 is 1.71 bits per heavy atom. The van der Waals surface area contributed by atoms with Gasteiger partial charge in [-0.2, -0.15) is 0 Å². The fraction of sp³-hybridized carbons (Fsp3) is 0.368. The van der Waals surface area contributed by atoms with Gasteiger partial charge in [0.2, 0.25) is 10.0 Å². The van der Waals surface area contributed by atoms with Gasteiger partial charge in [0.25, 0.3) is 10.0 Å². The van der Waals surface area contributed by atoms with E-state index in [1.165, 1.54) is 11.4 Å². The number of rotatable bonds is 5. The minimum Gasteiger partial charge on any atom is -0.495 e. The Labute approximate surface area is 166 Å². The third-order valence-corrected chi connectivity index (χ3v) is 8.17. The lowest BCUT2D eigenvalue weighted by Crippen LogP contribution is -2.25. The lowest BCUT2D eigenvalue weighted by molar-refractivity contribution is 0.402. The maximum atomic E-state index is 12.9. The van der Waals surface area contributed by atoms with E-state index >= 15 is 0 Å². The van der Waals surface area contributed by atoms with Crippen molar-refractivity contribution in [1.29, 1.82) is 0 Å². The van der Waals surface area contributed by atoms with Gasteiger partial charge in [0, 0.05) is 6.54 Å². The molecule has 28 heavy (non-hydrogen) atoms. The predicted molar refractivity (Wildman–Crippen MR) is 110 cm³/mol. The molecule has 7 nitrogen and oxygen atoms in total. The van der Waals surface area contributed by atoms with Gasteiger partial charge in [-0.25, -0.2) is 16.8 Å². The van der Waals surface area contributed by atoms with Gasteiger partial charge in [-0.15, -0.1) is 0 Å². The van der Waals surface area contributed by atoms with Crippen LogP contribution in [0.5, 0.6) is 5.75 Å². The van der Waals surface area contributed by atoms with Crippen molar-refractivity contribution in [3.63, 3.8) is 0 Å². The second-order valence-electron chi connectivity index (χ2n) is 6.93. The topological polar surface area (TPSA) is 92.8 Å². The molecule has 0 bridgehead atoms. The van der Waals surface area contributed by atoms with Crippen LogP contribution in [0.15, 0.2) is 35.2 Å². The highest BCUT2D eigenvalue weighted by atomic mass is 32.2. The van der Waals surface area contributed by atoms with Crippen molar-refractivity contribution in [1.82, 2.24) is 0 Å². The first-order valence-corrected chi connectivity index (χ1v) is 11.9. The fourth-order valence-corrected chi connectivity index (χ4v) is 6.10. The SMILES string of the molecule is COc1cc(C)c(C)cc1S(=O)(=O)Nc1ccc(N2CCCS2(=O)=O)cc1C. The fourth-order valence-electron chi connectivity index (χ4n) is 3.18. The molecular weight excluding hydrogens is 400 g/mol. The molecular formula is C19H24N2O5S2. The summed E-state index contributed by atoms with van der Waals surface area (Å²) in [4.78, 5) is 0.0590. The van der Waals surface area contributed by atoms with Crippen LogP contribution in [0.25, 0.3) is 0 Å². The number of benzene rings is 2. The Hall–Kier alpha value is -2.26. The van der Waals surface area contributed by atoms with Gasteiger partial charge in [0.15, 0.2) is 0 Å². The summed E-state index contributed by atoms with van der Waals surface area (Å²) >= 11 is 0. The summed E-state index contributed by atoms with van der Waals surface area (Å²) in [5.74, 6) is 0.403. The molecule has 9 heteroatoms.